The van der Waals surface area contributed by atoms with Crippen LogP contribution in [0.2, 0.25) is 5.82 Å². The minimum atomic E-state index is -4.98. The Morgan fingerprint density at radius 2 is 1.56 bits per heavy atom. The highest BCUT2D eigenvalue weighted by atomic mass is 19.4. The Morgan fingerprint density at radius 1 is 1.06 bits per heavy atom. The van der Waals surface area contributed by atoms with Crippen LogP contribution in [0.3, 0.4) is 0 Å². The number of nitrogens with zero attached hydrogens (tertiary/aromatic N) is 1. The number of carbonyl (C=O) groups excluding carboxylic acids is 2. The molecule has 1 aromatic carbocycles. The van der Waals surface area contributed by atoms with Gasteiger partial charge in [-0.25, -0.2) is 0 Å². The van der Waals surface area contributed by atoms with Crippen LogP contribution >= 0.6 is 0 Å². The van der Waals surface area contributed by atoms with Crippen LogP contribution in [0.15, 0.2) is 24.3 Å². The second-order valence-corrected chi connectivity index (χ2v) is 4.62. The summed E-state index contributed by atoms with van der Waals surface area (Å²) in [5, 5.41) is 0. The first-order chi connectivity index (χ1) is 8.41. The van der Waals surface area contributed by atoms with Crippen LogP contribution in [0, 0.1) is 0 Å². The number of amides is 2. The van der Waals surface area contributed by atoms with E-state index < -0.39 is 30.7 Å². The third-order valence-corrected chi connectivity index (χ3v) is 3.45. The molecule has 1 aliphatic carbocycles. The maximum absolute atomic E-state index is 12.5. The van der Waals surface area contributed by atoms with Gasteiger partial charge in [0.25, 0.3) is 11.8 Å². The molecule has 1 fully saturated rings. The van der Waals surface area contributed by atoms with E-state index in [9.17, 15) is 22.5 Å². The van der Waals surface area contributed by atoms with E-state index in [1.807, 2.05) is 0 Å². The van der Waals surface area contributed by atoms with E-state index in [-0.39, 0.29) is 17.5 Å². The number of fused-ring (bicyclic) bond motifs is 1. The van der Waals surface area contributed by atoms with Crippen molar-refractivity contribution >= 4 is 18.8 Å². The predicted octanol–water partition coefficient (Wildman–Crippen LogP) is 2.27. The van der Waals surface area contributed by atoms with Gasteiger partial charge in [0.15, 0.2) is 0 Å². The summed E-state index contributed by atoms with van der Waals surface area (Å²) < 4.78 is 37.6. The number of benzene rings is 1. The molecule has 3 nitrogen and oxygen atoms in total. The second kappa shape index (κ2) is 3.37. The molecule has 1 heterocycles. The molecule has 18 heavy (non-hydrogen) atoms. The Bertz CT molecular complexity index is 522. The van der Waals surface area contributed by atoms with Crippen LogP contribution in [0.4, 0.5) is 12.9 Å². The maximum Gasteiger partial charge on any atom is 0.483 e. The number of rotatable bonds is 2. The molecule has 2 atom stereocenters. The van der Waals surface area contributed by atoms with E-state index in [1.54, 1.807) is 12.1 Å². The lowest BCUT2D eigenvalue weighted by atomic mass is 9.83. The Balaban J connectivity index is 1.91. The smallest absolute Gasteiger partial charge is 0.449 e. The van der Waals surface area contributed by atoms with Crippen molar-refractivity contribution in [2.45, 2.75) is 18.3 Å². The van der Waals surface area contributed by atoms with E-state index in [0.717, 1.165) is 4.90 Å². The van der Waals surface area contributed by atoms with Crippen molar-refractivity contribution in [1.82, 2.24) is 4.90 Å². The van der Waals surface area contributed by atoms with Gasteiger partial charge in [-0.2, -0.15) is 0 Å². The van der Waals surface area contributed by atoms with Crippen LogP contribution in [-0.4, -0.2) is 29.7 Å². The average molecular weight is 254 g/mol. The fourth-order valence-electron chi connectivity index (χ4n) is 2.41. The van der Waals surface area contributed by atoms with Gasteiger partial charge in [0, 0.05) is 6.04 Å². The largest absolute Gasteiger partial charge is 0.483 e. The number of imide groups is 1. The van der Waals surface area contributed by atoms with Gasteiger partial charge in [0.05, 0.1) is 11.1 Å². The molecule has 0 spiro atoms. The van der Waals surface area contributed by atoms with Crippen molar-refractivity contribution in [2.75, 3.05) is 0 Å². The number of halogens is 3. The summed E-state index contributed by atoms with van der Waals surface area (Å²) in [5.74, 6) is -2.72. The first-order valence-electron chi connectivity index (χ1n) is 5.58. The normalized spacial score (nSPS) is 26.5. The third-order valence-electron chi connectivity index (χ3n) is 3.45. The van der Waals surface area contributed by atoms with Gasteiger partial charge in [0.2, 0.25) is 0 Å². The zero-order chi connectivity index (χ0) is 13.1. The highest BCUT2D eigenvalue weighted by molar-refractivity contribution is 6.61. The second-order valence-electron chi connectivity index (χ2n) is 4.62. The molecule has 0 bridgehead atoms. The monoisotopic (exact) mass is 254 g/mol. The molecule has 3 rings (SSSR count). The van der Waals surface area contributed by atoms with Gasteiger partial charge < -0.3 is 12.9 Å². The summed E-state index contributed by atoms with van der Waals surface area (Å²) in [6.45, 7) is -4.98. The number of carbonyl (C=O) groups is 2. The molecular formula is C11H8BF3NO2-. The Labute approximate surface area is 101 Å². The van der Waals surface area contributed by atoms with Crippen molar-refractivity contribution in [3.8, 4) is 0 Å². The van der Waals surface area contributed by atoms with Crippen molar-refractivity contribution < 1.29 is 22.5 Å². The fourth-order valence-corrected chi connectivity index (χ4v) is 2.41. The minimum absolute atomic E-state index is 0.158. The molecule has 2 amide bonds. The summed E-state index contributed by atoms with van der Waals surface area (Å²) in [6, 6.07) is 5.10. The van der Waals surface area contributed by atoms with Gasteiger partial charge >= 0.3 is 6.98 Å². The Morgan fingerprint density at radius 3 is 1.94 bits per heavy atom. The summed E-state index contributed by atoms with van der Waals surface area (Å²) in [6.07, 6.45) is -0.158. The predicted molar refractivity (Wildman–Crippen MR) is 58.2 cm³/mol. The quantitative estimate of drug-likeness (QED) is 0.599. The molecule has 1 saturated carbocycles. The van der Waals surface area contributed by atoms with Gasteiger partial charge in [-0.05, 0) is 12.1 Å². The van der Waals surface area contributed by atoms with Crippen LogP contribution < -0.4 is 0 Å². The van der Waals surface area contributed by atoms with Gasteiger partial charge in [-0.15, -0.1) is 0 Å². The highest BCUT2D eigenvalue weighted by Gasteiger charge is 2.57. The van der Waals surface area contributed by atoms with Crippen LogP contribution in [0.25, 0.3) is 0 Å². The van der Waals surface area contributed by atoms with Gasteiger partial charge in [0.1, 0.15) is 0 Å². The SMILES string of the molecule is O=C1c2ccccc2C(=O)N1[C@H]1C[C@@H]1[B-](F)(F)F. The molecule has 0 N–H and O–H groups in total. The lowest BCUT2D eigenvalue weighted by Crippen LogP contribution is -2.34. The molecule has 0 radical (unpaired) electrons. The number of hydrogen-bond donors (Lipinski definition) is 0. The minimum Gasteiger partial charge on any atom is -0.449 e. The first kappa shape index (κ1) is 11.3. The molecule has 94 valence electrons. The summed E-state index contributed by atoms with van der Waals surface area (Å²) in [7, 11) is 0. The molecule has 0 aromatic heterocycles. The van der Waals surface area contributed by atoms with Gasteiger partial charge in [-0.1, -0.05) is 24.4 Å². The topological polar surface area (TPSA) is 37.4 Å². The molecule has 0 unspecified atom stereocenters. The average Bonchev–Trinajstić information content (AvgIpc) is 3.05. The van der Waals surface area contributed by atoms with E-state index in [1.165, 1.54) is 12.1 Å². The zero-order valence-electron chi connectivity index (χ0n) is 9.15. The Kier molecular flexibility index (Phi) is 2.12. The lowest BCUT2D eigenvalue weighted by molar-refractivity contribution is 0.0641. The van der Waals surface area contributed by atoms with Crippen LogP contribution in [0.5, 0.6) is 0 Å². The van der Waals surface area contributed by atoms with Crippen molar-refractivity contribution in [1.29, 1.82) is 0 Å². The van der Waals surface area contributed by atoms with Crippen LogP contribution in [-0.2, 0) is 0 Å². The zero-order valence-corrected chi connectivity index (χ0v) is 9.15. The first-order valence-corrected chi connectivity index (χ1v) is 5.58. The van der Waals surface area contributed by atoms with Crippen molar-refractivity contribution in [2.24, 2.45) is 0 Å². The number of hydrogen-bond acceptors (Lipinski definition) is 2. The van der Waals surface area contributed by atoms with Crippen LogP contribution in [0.1, 0.15) is 27.1 Å². The van der Waals surface area contributed by atoms with Crippen molar-refractivity contribution in [3.05, 3.63) is 35.4 Å². The van der Waals surface area contributed by atoms with E-state index >= 15 is 0 Å². The van der Waals surface area contributed by atoms with Gasteiger partial charge in [-0.3, -0.25) is 14.5 Å². The molecule has 1 aliphatic heterocycles. The molecule has 7 heteroatoms. The molecule has 1 aromatic rings. The molecule has 0 saturated heterocycles. The van der Waals surface area contributed by atoms with E-state index in [2.05, 4.69) is 0 Å². The summed E-state index contributed by atoms with van der Waals surface area (Å²) >= 11 is 0. The lowest BCUT2D eigenvalue weighted by Gasteiger charge is -2.18. The molecule has 2 aliphatic rings. The Hall–Kier alpha value is -1.79. The maximum atomic E-state index is 12.5. The third kappa shape index (κ3) is 1.46. The van der Waals surface area contributed by atoms with E-state index in [4.69, 9.17) is 0 Å². The molecular weight excluding hydrogens is 246 g/mol. The highest BCUT2D eigenvalue weighted by Crippen LogP contribution is 2.52. The standard InChI is InChI=1S/C11H8BF3NO2/c13-12(14,15)8-5-9(8)16-10(17)6-3-1-2-4-7(6)11(16)18/h1-4,8-9H,5H2/q-1/t8-,9-/m0/s1. The summed E-state index contributed by atoms with van der Waals surface area (Å²) in [4.78, 5) is 24.6. The van der Waals surface area contributed by atoms with E-state index in [0.29, 0.717) is 0 Å². The fraction of sp³-hybridized carbons (Fsp3) is 0.273. The van der Waals surface area contributed by atoms with Crippen molar-refractivity contribution in [3.63, 3.8) is 0 Å². The summed E-state index contributed by atoms with van der Waals surface area (Å²) in [5.41, 5.74) is 0.394.